The van der Waals surface area contributed by atoms with Crippen LogP contribution in [0.4, 0.5) is 0 Å². The number of nitrogens with zero attached hydrogens (tertiary/aromatic N) is 1. The highest BCUT2D eigenvalue weighted by Gasteiger charge is 2.19. The summed E-state index contributed by atoms with van der Waals surface area (Å²) >= 11 is 0. The SMILES string of the molecule is CCCCCCS(=O)(=O)CCC(=O)N1CCNCC1. The third-order valence-corrected chi connectivity index (χ3v) is 5.14. The topological polar surface area (TPSA) is 66.5 Å². The summed E-state index contributed by atoms with van der Waals surface area (Å²) in [5.41, 5.74) is 0. The number of amides is 1. The first-order valence-corrected chi connectivity index (χ1v) is 9.06. The van der Waals surface area contributed by atoms with E-state index in [1.807, 2.05) is 0 Å². The average molecular weight is 290 g/mol. The second kappa shape index (κ2) is 8.53. The molecule has 1 aliphatic heterocycles. The lowest BCUT2D eigenvalue weighted by molar-refractivity contribution is -0.131. The van der Waals surface area contributed by atoms with E-state index in [0.717, 1.165) is 38.8 Å². The zero-order valence-corrected chi connectivity index (χ0v) is 12.7. The summed E-state index contributed by atoms with van der Waals surface area (Å²) in [6.45, 7) is 5.08. The molecule has 0 aliphatic carbocycles. The molecule has 1 aliphatic rings. The molecular weight excluding hydrogens is 264 g/mol. The number of hydrogen-bond acceptors (Lipinski definition) is 4. The van der Waals surface area contributed by atoms with E-state index in [4.69, 9.17) is 0 Å². The molecule has 0 saturated carbocycles. The van der Waals surface area contributed by atoms with Gasteiger partial charge < -0.3 is 10.2 Å². The van der Waals surface area contributed by atoms with Crippen molar-refractivity contribution in [1.82, 2.24) is 10.2 Å². The standard InChI is InChI=1S/C13H26N2O3S/c1-2-3-4-5-11-19(17,18)12-6-13(16)15-9-7-14-8-10-15/h14H,2-12H2,1H3. The van der Waals surface area contributed by atoms with Crippen molar-refractivity contribution >= 4 is 15.7 Å². The molecule has 1 heterocycles. The van der Waals surface area contributed by atoms with Crippen molar-refractivity contribution < 1.29 is 13.2 Å². The number of hydrogen-bond donors (Lipinski definition) is 1. The van der Waals surface area contributed by atoms with E-state index in [9.17, 15) is 13.2 Å². The third kappa shape index (κ3) is 6.92. The molecule has 0 aromatic carbocycles. The summed E-state index contributed by atoms with van der Waals surface area (Å²) in [6.07, 6.45) is 3.99. The van der Waals surface area contributed by atoms with Crippen molar-refractivity contribution in [2.24, 2.45) is 0 Å². The molecule has 1 saturated heterocycles. The third-order valence-electron chi connectivity index (χ3n) is 3.41. The van der Waals surface area contributed by atoms with Crippen LogP contribution in [0.3, 0.4) is 0 Å². The van der Waals surface area contributed by atoms with Gasteiger partial charge in [0.25, 0.3) is 0 Å². The van der Waals surface area contributed by atoms with Gasteiger partial charge in [0.15, 0.2) is 9.84 Å². The molecule has 1 amide bonds. The highest BCUT2D eigenvalue weighted by atomic mass is 32.2. The summed E-state index contributed by atoms with van der Waals surface area (Å²) in [5.74, 6) is 0.197. The molecule has 19 heavy (non-hydrogen) atoms. The van der Waals surface area contributed by atoms with Gasteiger partial charge >= 0.3 is 0 Å². The molecule has 0 aromatic heterocycles. The second-order valence-electron chi connectivity index (χ2n) is 5.09. The van der Waals surface area contributed by atoms with Crippen molar-refractivity contribution in [3.8, 4) is 0 Å². The minimum absolute atomic E-state index is 0.00187. The molecule has 6 heteroatoms. The maximum Gasteiger partial charge on any atom is 0.223 e. The molecule has 0 atom stereocenters. The first kappa shape index (κ1) is 16.4. The highest BCUT2D eigenvalue weighted by molar-refractivity contribution is 7.91. The van der Waals surface area contributed by atoms with Gasteiger partial charge in [-0.2, -0.15) is 0 Å². The smallest absolute Gasteiger partial charge is 0.223 e. The van der Waals surface area contributed by atoms with E-state index >= 15 is 0 Å². The number of unbranched alkanes of at least 4 members (excludes halogenated alkanes) is 3. The molecular formula is C13H26N2O3S. The summed E-state index contributed by atoms with van der Waals surface area (Å²) in [6, 6.07) is 0. The fraction of sp³-hybridized carbons (Fsp3) is 0.923. The van der Waals surface area contributed by atoms with Gasteiger partial charge in [0.2, 0.25) is 5.91 Å². The van der Waals surface area contributed by atoms with E-state index in [1.54, 1.807) is 4.90 Å². The van der Waals surface area contributed by atoms with Gasteiger partial charge in [0.1, 0.15) is 0 Å². The Hall–Kier alpha value is -0.620. The quantitative estimate of drug-likeness (QED) is 0.672. The van der Waals surface area contributed by atoms with Crippen molar-refractivity contribution in [1.29, 1.82) is 0 Å². The van der Waals surface area contributed by atoms with Crippen LogP contribution >= 0.6 is 0 Å². The predicted octanol–water partition coefficient (Wildman–Crippen LogP) is 0.803. The van der Waals surface area contributed by atoms with Gasteiger partial charge in [-0.25, -0.2) is 8.42 Å². The number of rotatable bonds is 8. The largest absolute Gasteiger partial charge is 0.340 e. The monoisotopic (exact) mass is 290 g/mol. The van der Waals surface area contributed by atoms with Gasteiger partial charge in [-0.1, -0.05) is 26.2 Å². The lowest BCUT2D eigenvalue weighted by atomic mass is 10.2. The van der Waals surface area contributed by atoms with Gasteiger partial charge in [-0.3, -0.25) is 4.79 Å². The fourth-order valence-corrected chi connectivity index (χ4v) is 3.50. The first-order chi connectivity index (χ1) is 9.05. The van der Waals surface area contributed by atoms with E-state index in [2.05, 4.69) is 12.2 Å². The lowest BCUT2D eigenvalue weighted by Crippen LogP contribution is -2.46. The van der Waals surface area contributed by atoms with E-state index in [1.165, 1.54) is 0 Å². The molecule has 1 rings (SSSR count). The molecule has 1 N–H and O–H groups in total. The fourth-order valence-electron chi connectivity index (χ4n) is 2.17. The Bertz CT molecular complexity index is 362. The number of carbonyl (C=O) groups excluding carboxylic acids is 1. The minimum atomic E-state index is -3.06. The van der Waals surface area contributed by atoms with E-state index < -0.39 is 9.84 Å². The van der Waals surface area contributed by atoms with Gasteiger partial charge in [-0.05, 0) is 6.42 Å². The Morgan fingerprint density at radius 1 is 1.11 bits per heavy atom. The Morgan fingerprint density at radius 2 is 1.79 bits per heavy atom. The van der Waals surface area contributed by atoms with Gasteiger partial charge in [0.05, 0.1) is 11.5 Å². The number of carbonyl (C=O) groups is 1. The van der Waals surface area contributed by atoms with Crippen molar-refractivity contribution in [3.05, 3.63) is 0 Å². The summed E-state index contributed by atoms with van der Waals surface area (Å²) in [7, 11) is -3.06. The minimum Gasteiger partial charge on any atom is -0.340 e. The predicted molar refractivity (Wildman–Crippen MR) is 76.9 cm³/mol. The molecule has 5 nitrogen and oxygen atoms in total. The summed E-state index contributed by atoms with van der Waals surface area (Å²) in [4.78, 5) is 13.6. The molecule has 0 aromatic rings. The number of nitrogens with one attached hydrogen (secondary N) is 1. The highest BCUT2D eigenvalue weighted by Crippen LogP contribution is 2.05. The number of sulfone groups is 1. The normalized spacial score (nSPS) is 16.6. The van der Waals surface area contributed by atoms with Crippen LogP contribution in [0.2, 0.25) is 0 Å². The van der Waals surface area contributed by atoms with Crippen LogP contribution in [-0.2, 0) is 14.6 Å². The molecule has 0 radical (unpaired) electrons. The van der Waals surface area contributed by atoms with Crippen LogP contribution in [0, 0.1) is 0 Å². The van der Waals surface area contributed by atoms with E-state index in [-0.39, 0.29) is 23.8 Å². The maximum absolute atomic E-state index is 11.9. The Morgan fingerprint density at radius 3 is 2.42 bits per heavy atom. The Labute approximate surface area is 116 Å². The lowest BCUT2D eigenvalue weighted by Gasteiger charge is -2.27. The van der Waals surface area contributed by atoms with Gasteiger partial charge in [-0.15, -0.1) is 0 Å². The van der Waals surface area contributed by atoms with Gasteiger partial charge in [0, 0.05) is 32.6 Å². The van der Waals surface area contributed by atoms with Crippen LogP contribution in [-0.4, -0.2) is 56.9 Å². The van der Waals surface area contributed by atoms with Crippen LogP contribution in [0.25, 0.3) is 0 Å². The molecule has 112 valence electrons. The molecule has 0 unspecified atom stereocenters. The van der Waals surface area contributed by atoms with Crippen molar-refractivity contribution in [3.63, 3.8) is 0 Å². The maximum atomic E-state index is 11.9. The van der Waals surface area contributed by atoms with Crippen LogP contribution in [0.15, 0.2) is 0 Å². The zero-order chi connectivity index (χ0) is 14.1. The molecule has 1 fully saturated rings. The Balaban J connectivity index is 2.23. The summed E-state index contributed by atoms with van der Waals surface area (Å²) < 4.78 is 23.6. The van der Waals surface area contributed by atoms with Crippen LogP contribution in [0.1, 0.15) is 39.0 Å². The molecule has 0 spiro atoms. The van der Waals surface area contributed by atoms with Crippen LogP contribution in [0.5, 0.6) is 0 Å². The van der Waals surface area contributed by atoms with E-state index in [0.29, 0.717) is 13.1 Å². The second-order valence-corrected chi connectivity index (χ2v) is 7.40. The summed E-state index contributed by atoms with van der Waals surface area (Å²) in [5, 5.41) is 3.17. The Kier molecular flexibility index (Phi) is 7.38. The van der Waals surface area contributed by atoms with Crippen LogP contribution < -0.4 is 5.32 Å². The zero-order valence-electron chi connectivity index (χ0n) is 11.9. The first-order valence-electron chi connectivity index (χ1n) is 7.24. The molecule has 0 bridgehead atoms. The van der Waals surface area contributed by atoms with Crippen molar-refractivity contribution in [2.75, 3.05) is 37.7 Å². The van der Waals surface area contributed by atoms with Crippen molar-refractivity contribution in [2.45, 2.75) is 39.0 Å². The number of piperazine rings is 1. The average Bonchev–Trinajstić information content (AvgIpc) is 2.42.